The predicted octanol–water partition coefficient (Wildman–Crippen LogP) is 3.64. The topological polar surface area (TPSA) is 62.6 Å². The zero-order valence-corrected chi connectivity index (χ0v) is 14.2. The molecule has 0 fully saturated rings. The molecule has 0 spiro atoms. The summed E-state index contributed by atoms with van der Waals surface area (Å²) >= 11 is 6.36. The third kappa shape index (κ3) is 2.78. The maximum absolute atomic E-state index is 12.2. The smallest absolute Gasteiger partial charge is 0.359 e. The molecule has 0 atom stereocenters. The first-order chi connectivity index (χ1) is 12.2. The van der Waals surface area contributed by atoms with Gasteiger partial charge >= 0.3 is 5.97 Å². The number of carbonyl (C=O) groups excluding carboxylic acids is 1. The van der Waals surface area contributed by atoms with E-state index in [4.69, 9.17) is 25.8 Å². The zero-order valence-electron chi connectivity index (χ0n) is 13.5. The van der Waals surface area contributed by atoms with Crippen LogP contribution in [0, 0.1) is 0 Å². The minimum Gasteiger partial charge on any atom is -0.461 e. The van der Waals surface area contributed by atoms with Crippen LogP contribution >= 0.6 is 11.6 Å². The molecule has 0 N–H and O–H groups in total. The van der Waals surface area contributed by atoms with Crippen LogP contribution in [0.3, 0.4) is 0 Å². The summed E-state index contributed by atoms with van der Waals surface area (Å²) < 4.78 is 17.6. The third-order valence-electron chi connectivity index (χ3n) is 3.99. The van der Waals surface area contributed by atoms with Gasteiger partial charge < -0.3 is 14.2 Å². The second-order valence-electron chi connectivity index (χ2n) is 5.54. The van der Waals surface area contributed by atoms with Crippen LogP contribution in [-0.4, -0.2) is 29.1 Å². The quantitative estimate of drug-likeness (QED) is 0.666. The Bertz CT molecular complexity index is 967. The van der Waals surface area contributed by atoms with Crippen LogP contribution in [-0.2, 0) is 11.3 Å². The summed E-state index contributed by atoms with van der Waals surface area (Å²) in [7, 11) is 0. The molecule has 6 nitrogen and oxygen atoms in total. The first-order valence-electron chi connectivity index (χ1n) is 7.88. The van der Waals surface area contributed by atoms with E-state index < -0.39 is 5.97 Å². The summed E-state index contributed by atoms with van der Waals surface area (Å²) in [4.78, 5) is 12.2. The lowest BCUT2D eigenvalue weighted by molar-refractivity contribution is 0.0520. The van der Waals surface area contributed by atoms with E-state index in [0.717, 1.165) is 16.5 Å². The van der Waals surface area contributed by atoms with Crippen LogP contribution in [0.5, 0.6) is 11.5 Å². The number of aromatic nitrogens is 2. The summed E-state index contributed by atoms with van der Waals surface area (Å²) in [6, 6.07) is 11.1. The lowest BCUT2D eigenvalue weighted by Gasteiger charge is -2.07. The van der Waals surface area contributed by atoms with Gasteiger partial charge in [-0.2, -0.15) is 5.10 Å². The van der Waals surface area contributed by atoms with E-state index in [1.807, 2.05) is 30.3 Å². The highest BCUT2D eigenvalue weighted by Gasteiger charge is 2.20. The zero-order chi connectivity index (χ0) is 17.4. The van der Waals surface area contributed by atoms with Gasteiger partial charge in [-0.15, -0.1) is 0 Å². The summed E-state index contributed by atoms with van der Waals surface area (Å²) in [5, 5.41) is 5.75. The van der Waals surface area contributed by atoms with Gasteiger partial charge in [0.05, 0.1) is 18.7 Å². The monoisotopic (exact) mass is 358 g/mol. The Hall–Kier alpha value is -2.73. The highest BCUT2D eigenvalue weighted by atomic mass is 35.5. The summed E-state index contributed by atoms with van der Waals surface area (Å²) in [6.45, 7) is 2.65. The van der Waals surface area contributed by atoms with Crippen molar-refractivity contribution in [3.63, 3.8) is 0 Å². The summed E-state index contributed by atoms with van der Waals surface area (Å²) in [5.41, 5.74) is 1.96. The van der Waals surface area contributed by atoms with Crippen molar-refractivity contribution in [2.75, 3.05) is 13.4 Å². The molecule has 1 aliphatic heterocycles. The molecule has 7 heteroatoms. The van der Waals surface area contributed by atoms with Gasteiger partial charge in [-0.25, -0.2) is 4.79 Å². The predicted molar refractivity (Wildman–Crippen MR) is 92.4 cm³/mol. The molecule has 0 aliphatic carbocycles. The number of nitrogens with zero attached hydrogens (tertiary/aromatic N) is 2. The number of fused-ring (bicyclic) bond motifs is 2. The minimum absolute atomic E-state index is 0.187. The standard InChI is InChI=1S/C18H15ClN2O4/c1-2-23-18(22)17-12-5-3-4-6-14(12)21(20-17)9-11-7-15-16(8-13(11)19)25-10-24-15/h3-8H,2,9-10H2,1H3. The highest BCUT2D eigenvalue weighted by Crippen LogP contribution is 2.37. The molecular weight excluding hydrogens is 344 g/mol. The molecule has 0 saturated heterocycles. The molecule has 1 aromatic heterocycles. The van der Waals surface area contributed by atoms with E-state index >= 15 is 0 Å². The molecule has 128 valence electrons. The number of carbonyl (C=O) groups is 1. The van der Waals surface area contributed by atoms with E-state index in [1.54, 1.807) is 17.7 Å². The molecule has 4 rings (SSSR count). The van der Waals surface area contributed by atoms with Crippen molar-refractivity contribution in [3.05, 3.63) is 52.7 Å². The Labute approximate surface area is 148 Å². The Morgan fingerprint density at radius 2 is 2.04 bits per heavy atom. The van der Waals surface area contributed by atoms with Crippen molar-refractivity contribution in [1.82, 2.24) is 9.78 Å². The van der Waals surface area contributed by atoms with Crippen LogP contribution in [0.4, 0.5) is 0 Å². The SMILES string of the molecule is CCOC(=O)c1nn(Cc2cc3c(cc2Cl)OCO3)c2ccccc12. The van der Waals surface area contributed by atoms with Crippen molar-refractivity contribution in [2.24, 2.45) is 0 Å². The lowest BCUT2D eigenvalue weighted by Crippen LogP contribution is -2.08. The molecule has 0 radical (unpaired) electrons. The van der Waals surface area contributed by atoms with Crippen LogP contribution in [0.25, 0.3) is 10.9 Å². The maximum Gasteiger partial charge on any atom is 0.359 e. The number of ether oxygens (including phenoxy) is 3. The Balaban J connectivity index is 1.76. The van der Waals surface area contributed by atoms with Crippen molar-refractivity contribution >= 4 is 28.5 Å². The Morgan fingerprint density at radius 3 is 2.84 bits per heavy atom. The highest BCUT2D eigenvalue weighted by molar-refractivity contribution is 6.31. The Kier molecular flexibility index (Phi) is 3.97. The van der Waals surface area contributed by atoms with E-state index in [9.17, 15) is 4.79 Å². The van der Waals surface area contributed by atoms with Crippen molar-refractivity contribution in [3.8, 4) is 11.5 Å². The first-order valence-corrected chi connectivity index (χ1v) is 8.26. The van der Waals surface area contributed by atoms with Crippen molar-refractivity contribution in [2.45, 2.75) is 13.5 Å². The van der Waals surface area contributed by atoms with Crippen LogP contribution < -0.4 is 9.47 Å². The normalized spacial score (nSPS) is 12.6. The summed E-state index contributed by atoms with van der Waals surface area (Å²) in [5.74, 6) is 0.849. The van der Waals surface area contributed by atoms with Gasteiger partial charge in [0.25, 0.3) is 0 Å². The molecule has 1 aliphatic rings. The van der Waals surface area contributed by atoms with Crippen LogP contribution in [0.2, 0.25) is 5.02 Å². The molecule has 0 bridgehead atoms. The largest absolute Gasteiger partial charge is 0.461 e. The maximum atomic E-state index is 12.2. The number of halogens is 1. The fraction of sp³-hybridized carbons (Fsp3) is 0.222. The van der Waals surface area contributed by atoms with E-state index in [1.165, 1.54) is 0 Å². The molecule has 2 heterocycles. The molecule has 25 heavy (non-hydrogen) atoms. The lowest BCUT2D eigenvalue weighted by atomic mass is 10.2. The van der Waals surface area contributed by atoms with E-state index in [0.29, 0.717) is 35.4 Å². The van der Waals surface area contributed by atoms with Gasteiger partial charge in [-0.1, -0.05) is 29.8 Å². The number of hydrogen-bond acceptors (Lipinski definition) is 5. The third-order valence-corrected chi connectivity index (χ3v) is 4.34. The van der Waals surface area contributed by atoms with Gasteiger partial charge in [-0.3, -0.25) is 4.68 Å². The average Bonchev–Trinajstić information content (AvgIpc) is 3.20. The van der Waals surface area contributed by atoms with Gasteiger partial charge in [-0.05, 0) is 24.6 Å². The van der Waals surface area contributed by atoms with E-state index in [-0.39, 0.29) is 6.79 Å². The van der Waals surface area contributed by atoms with Crippen LogP contribution in [0.1, 0.15) is 23.0 Å². The number of benzene rings is 2. The second-order valence-corrected chi connectivity index (χ2v) is 5.95. The van der Waals surface area contributed by atoms with Crippen molar-refractivity contribution in [1.29, 1.82) is 0 Å². The fourth-order valence-electron chi connectivity index (χ4n) is 2.84. The van der Waals surface area contributed by atoms with Crippen LogP contribution in [0.15, 0.2) is 36.4 Å². The first kappa shape index (κ1) is 15.8. The van der Waals surface area contributed by atoms with E-state index in [2.05, 4.69) is 5.10 Å². The molecule has 0 unspecified atom stereocenters. The number of para-hydroxylation sites is 1. The molecular formula is C18H15ClN2O4. The summed E-state index contributed by atoms with van der Waals surface area (Å²) in [6.07, 6.45) is 0. The van der Waals surface area contributed by atoms with Crippen molar-refractivity contribution < 1.29 is 19.0 Å². The Morgan fingerprint density at radius 1 is 1.28 bits per heavy atom. The number of rotatable bonds is 4. The molecule has 0 amide bonds. The second kappa shape index (κ2) is 6.29. The number of esters is 1. The number of hydrogen-bond donors (Lipinski definition) is 0. The van der Waals surface area contributed by atoms with Gasteiger partial charge in [0.1, 0.15) is 0 Å². The van der Waals surface area contributed by atoms with Gasteiger partial charge in [0.2, 0.25) is 6.79 Å². The van der Waals surface area contributed by atoms with Gasteiger partial charge in [0.15, 0.2) is 17.2 Å². The molecule has 0 saturated carbocycles. The minimum atomic E-state index is -0.436. The average molecular weight is 359 g/mol. The fourth-order valence-corrected chi connectivity index (χ4v) is 3.05. The molecule has 2 aromatic carbocycles. The molecule has 3 aromatic rings. The van der Waals surface area contributed by atoms with Gasteiger partial charge in [0, 0.05) is 16.5 Å².